The summed E-state index contributed by atoms with van der Waals surface area (Å²) in [5.74, 6) is 0. The minimum absolute atomic E-state index is 0.0691. The predicted octanol–water partition coefficient (Wildman–Crippen LogP) is 4.74. The molecule has 0 saturated heterocycles. The second-order valence-electron chi connectivity index (χ2n) is 10.2. The van der Waals surface area contributed by atoms with Gasteiger partial charge in [0.25, 0.3) is 0 Å². The van der Waals surface area contributed by atoms with E-state index in [0.717, 1.165) is 61.8 Å². The van der Waals surface area contributed by atoms with Gasteiger partial charge >= 0.3 is 6.03 Å². The van der Waals surface area contributed by atoms with Gasteiger partial charge in [-0.05, 0) is 98.7 Å². The molecule has 0 radical (unpaired) electrons. The monoisotopic (exact) mass is 519 g/mol. The fourth-order valence-electron chi connectivity index (χ4n) is 5.61. The minimum Gasteiger partial charge on any atom is -0.384 e. The van der Waals surface area contributed by atoms with Crippen LogP contribution in [0.25, 0.3) is 5.69 Å². The third-order valence-corrected chi connectivity index (χ3v) is 8.42. The number of carbonyl (C=O) groups is 1. The van der Waals surface area contributed by atoms with Crippen LogP contribution in [0.5, 0.6) is 0 Å². The molecule has 4 N–H and O–H groups in total. The first-order valence-electron chi connectivity index (χ1n) is 12.6. The van der Waals surface area contributed by atoms with Gasteiger partial charge in [-0.2, -0.15) is 5.10 Å². The quantitative estimate of drug-likeness (QED) is 0.407. The Kier molecular flexibility index (Phi) is 6.55. The Morgan fingerprint density at radius 2 is 1.76 bits per heavy atom. The summed E-state index contributed by atoms with van der Waals surface area (Å²) in [7, 11) is -3.69. The van der Waals surface area contributed by atoms with Gasteiger partial charge in [-0.3, -0.25) is 0 Å². The van der Waals surface area contributed by atoms with Crippen LogP contribution in [0.15, 0.2) is 58.4 Å². The van der Waals surface area contributed by atoms with E-state index < -0.39 is 21.5 Å². The summed E-state index contributed by atoms with van der Waals surface area (Å²) < 4.78 is 18.9. The van der Waals surface area contributed by atoms with Crippen molar-refractivity contribution in [1.29, 1.82) is 0 Å². The Balaban J connectivity index is 1.53. The van der Waals surface area contributed by atoms with E-state index in [2.05, 4.69) is 21.4 Å². The topological polar surface area (TPSA) is 123 Å². The molecule has 2 aliphatic carbocycles. The maximum absolute atomic E-state index is 13.5. The molecule has 1 atom stereocenters. The maximum atomic E-state index is 13.5. The van der Waals surface area contributed by atoms with Crippen LogP contribution in [0.3, 0.4) is 0 Å². The largest absolute Gasteiger partial charge is 0.384 e. The Morgan fingerprint density at radius 1 is 1.16 bits per heavy atom. The first-order chi connectivity index (χ1) is 17.6. The molecule has 0 saturated carbocycles. The molecule has 2 amide bonds. The molecular weight excluding hydrogens is 486 g/mol. The summed E-state index contributed by atoms with van der Waals surface area (Å²) in [5, 5.41) is 24.1. The zero-order valence-electron chi connectivity index (χ0n) is 21.3. The highest BCUT2D eigenvalue weighted by Crippen LogP contribution is 2.42. The third kappa shape index (κ3) is 4.74. The lowest BCUT2D eigenvalue weighted by molar-refractivity contribution is 0.0711. The molecule has 0 spiro atoms. The minimum atomic E-state index is -3.69. The van der Waals surface area contributed by atoms with Crippen molar-refractivity contribution in [2.24, 2.45) is 9.50 Å². The smallest absolute Gasteiger partial charge is 0.354 e. The van der Waals surface area contributed by atoms with Gasteiger partial charge < -0.3 is 10.4 Å². The lowest BCUT2D eigenvalue weighted by atomic mass is 9.90. The molecular formula is C28H33N5O3S. The van der Waals surface area contributed by atoms with Crippen LogP contribution in [0, 0.1) is 0 Å². The highest BCUT2D eigenvalue weighted by molar-refractivity contribution is 7.91. The number of para-hydroxylation sites is 1. The number of carbonyl (C=O) groups excluding carboxylic acids is 1. The number of benzene rings is 2. The highest BCUT2D eigenvalue weighted by atomic mass is 32.2. The van der Waals surface area contributed by atoms with E-state index in [-0.39, 0.29) is 5.03 Å². The summed E-state index contributed by atoms with van der Waals surface area (Å²) in [4.78, 5) is 13.1. The number of nitrogens with zero attached hydrogens (tertiary/aromatic N) is 3. The van der Waals surface area contributed by atoms with E-state index in [1.807, 2.05) is 36.4 Å². The van der Waals surface area contributed by atoms with Crippen LogP contribution in [0.1, 0.15) is 60.2 Å². The lowest BCUT2D eigenvalue weighted by Crippen LogP contribution is -2.20. The fraction of sp³-hybridized carbons (Fsp3) is 0.357. The second-order valence-corrected chi connectivity index (χ2v) is 12.0. The van der Waals surface area contributed by atoms with Crippen molar-refractivity contribution in [3.8, 4) is 5.69 Å². The molecule has 1 heterocycles. The summed E-state index contributed by atoms with van der Waals surface area (Å²) in [6.45, 7) is 7.14. The molecule has 194 valence electrons. The molecule has 0 aliphatic heterocycles. The molecule has 8 nitrogen and oxygen atoms in total. The maximum Gasteiger partial charge on any atom is 0.354 e. The van der Waals surface area contributed by atoms with Gasteiger partial charge in [0, 0.05) is 11.8 Å². The molecule has 0 bridgehead atoms. The Hall–Kier alpha value is -3.27. The molecule has 5 rings (SSSR count). The van der Waals surface area contributed by atoms with E-state index >= 15 is 0 Å². The van der Waals surface area contributed by atoms with Gasteiger partial charge in [0.2, 0.25) is 0 Å². The van der Waals surface area contributed by atoms with E-state index in [1.165, 1.54) is 27.4 Å². The number of urea groups is 1. The number of amides is 2. The van der Waals surface area contributed by atoms with Crippen LogP contribution in [-0.2, 0) is 47.6 Å². The number of nitrogens with two attached hydrogens (primary N) is 1. The number of aliphatic hydroxyl groups is 1. The lowest BCUT2D eigenvalue weighted by Gasteiger charge is -2.19. The van der Waals surface area contributed by atoms with Gasteiger partial charge in [-0.25, -0.2) is 18.8 Å². The van der Waals surface area contributed by atoms with Crippen LogP contribution in [-0.4, -0.2) is 25.1 Å². The Bertz CT molecular complexity index is 1470. The fourth-order valence-corrected chi connectivity index (χ4v) is 6.48. The number of allylic oxidation sites excluding steroid dienone is 1. The van der Waals surface area contributed by atoms with Gasteiger partial charge in [0.05, 0.1) is 11.4 Å². The van der Waals surface area contributed by atoms with Crippen molar-refractivity contribution in [3.63, 3.8) is 0 Å². The van der Waals surface area contributed by atoms with Crippen LogP contribution >= 0.6 is 0 Å². The molecule has 0 unspecified atom stereocenters. The number of nitrogens with one attached hydrogen (secondary N) is 1. The molecule has 2 aliphatic rings. The molecule has 0 fully saturated rings. The number of rotatable bonds is 6. The van der Waals surface area contributed by atoms with Crippen molar-refractivity contribution in [3.05, 3.63) is 82.6 Å². The van der Waals surface area contributed by atoms with Crippen LogP contribution < -0.4 is 10.5 Å². The van der Waals surface area contributed by atoms with Gasteiger partial charge in [-0.1, -0.05) is 24.3 Å². The van der Waals surface area contributed by atoms with Gasteiger partial charge in [-0.15, -0.1) is 10.9 Å². The normalized spacial score (nSPS) is 16.1. The van der Waals surface area contributed by atoms with Crippen molar-refractivity contribution in [2.45, 2.75) is 69.4 Å². The van der Waals surface area contributed by atoms with E-state index in [0.29, 0.717) is 11.4 Å². The summed E-state index contributed by atoms with van der Waals surface area (Å²) in [6, 6.07) is 9.84. The predicted molar refractivity (Wildman–Crippen MR) is 145 cm³/mol. The molecule has 3 aromatic rings. The zero-order chi connectivity index (χ0) is 26.4. The van der Waals surface area contributed by atoms with Gasteiger partial charge in [0.15, 0.2) is 14.9 Å². The molecule has 1 aromatic heterocycles. The summed E-state index contributed by atoms with van der Waals surface area (Å²) in [6.07, 6.45) is 8.58. The average Bonchev–Trinajstić information content (AvgIpc) is 3.60. The summed E-state index contributed by atoms with van der Waals surface area (Å²) in [5.41, 5.74) is 6.84. The number of fused-ring (bicyclic) bond motifs is 2. The number of hydrogen-bond acceptors (Lipinski definition) is 4. The van der Waals surface area contributed by atoms with Gasteiger partial charge in [0.1, 0.15) is 5.60 Å². The van der Waals surface area contributed by atoms with E-state index in [9.17, 15) is 14.1 Å². The number of anilines is 1. The summed E-state index contributed by atoms with van der Waals surface area (Å²) >= 11 is 0. The molecule has 9 heteroatoms. The third-order valence-electron chi connectivity index (χ3n) is 7.18. The average molecular weight is 520 g/mol. The Labute approximate surface area is 217 Å². The van der Waals surface area contributed by atoms with Crippen molar-refractivity contribution in [1.82, 2.24) is 9.78 Å². The Morgan fingerprint density at radius 3 is 2.32 bits per heavy atom. The first kappa shape index (κ1) is 25.4. The number of aromatic nitrogens is 2. The van der Waals surface area contributed by atoms with Crippen molar-refractivity contribution in [2.75, 3.05) is 5.32 Å². The second kappa shape index (κ2) is 9.55. The SMILES string of the molecule is C=CCc1c2c(c(NC(=O)N=[S@](N)(=O)c3cc(C(C)(C)O)n(-c4ccccc4)n3)c3c1CCC3)CCC2. The van der Waals surface area contributed by atoms with Crippen molar-refractivity contribution < 1.29 is 14.1 Å². The highest BCUT2D eigenvalue weighted by Gasteiger charge is 2.30. The first-order valence-corrected chi connectivity index (χ1v) is 14.2. The van der Waals surface area contributed by atoms with Crippen LogP contribution in [0.4, 0.5) is 10.5 Å². The van der Waals surface area contributed by atoms with E-state index in [4.69, 9.17) is 5.14 Å². The zero-order valence-corrected chi connectivity index (χ0v) is 22.1. The van der Waals surface area contributed by atoms with Crippen molar-refractivity contribution >= 4 is 21.6 Å². The molecule has 37 heavy (non-hydrogen) atoms. The standard InChI is InChI=1S/C28H33N5O3S/c1-4-10-19-20-13-8-15-22(20)26(23-16-9-14-21(19)23)30-27(34)32-37(29,36)25-17-24(28(2,3)35)33(31-25)18-11-6-5-7-12-18/h4-7,11-12,17,35H,1,8-10,13-16H2,2-3H3,(H3,29,30,32,34,36)/t37-/m0/s1. The van der Waals surface area contributed by atoms with Crippen LogP contribution in [0.2, 0.25) is 0 Å². The van der Waals surface area contributed by atoms with E-state index in [1.54, 1.807) is 13.8 Å². The molecule has 2 aromatic carbocycles. The number of hydrogen-bond donors (Lipinski definition) is 3.